The Bertz CT molecular complexity index is 840. The van der Waals surface area contributed by atoms with Gasteiger partial charge >= 0.3 is 0 Å². The summed E-state index contributed by atoms with van der Waals surface area (Å²) in [5.74, 6) is 0.549. The van der Waals surface area contributed by atoms with Crippen LogP contribution in [-0.2, 0) is 13.0 Å². The van der Waals surface area contributed by atoms with Crippen LogP contribution < -0.4 is 5.56 Å². The Kier molecular flexibility index (Phi) is 3.47. The minimum absolute atomic E-state index is 0.149. The number of aryl methyl sites for hydroxylation is 1. The minimum Gasteiger partial charge on any atom is -0.337 e. The second-order valence-corrected chi connectivity index (χ2v) is 4.69. The number of hydrogen-bond acceptors (Lipinski definition) is 5. The maximum Gasteiger partial charge on any atom is 0.261 e. The number of rotatable bonds is 4. The van der Waals surface area contributed by atoms with Gasteiger partial charge in [-0.05, 0) is 18.6 Å². The van der Waals surface area contributed by atoms with Crippen molar-refractivity contribution in [3.63, 3.8) is 0 Å². The van der Waals surface area contributed by atoms with E-state index in [0.717, 1.165) is 12.8 Å². The van der Waals surface area contributed by atoms with Crippen LogP contribution in [0.3, 0.4) is 0 Å². The number of aromatic nitrogens is 4. The van der Waals surface area contributed by atoms with Crippen LogP contribution in [0.2, 0.25) is 0 Å². The van der Waals surface area contributed by atoms with Crippen molar-refractivity contribution in [3.8, 4) is 0 Å². The van der Waals surface area contributed by atoms with Crippen molar-refractivity contribution >= 4 is 10.9 Å². The third-order valence-electron chi connectivity index (χ3n) is 3.08. The first kappa shape index (κ1) is 13.4. The van der Waals surface area contributed by atoms with Crippen LogP contribution >= 0.6 is 0 Å². The highest BCUT2D eigenvalue weighted by molar-refractivity contribution is 5.77. The highest BCUT2D eigenvalue weighted by atomic mass is 19.1. The third kappa shape index (κ3) is 2.67. The van der Waals surface area contributed by atoms with Gasteiger partial charge in [-0.15, -0.1) is 0 Å². The molecule has 0 amide bonds. The molecule has 7 heteroatoms. The fraction of sp³-hybridized carbons (Fsp3) is 0.286. The summed E-state index contributed by atoms with van der Waals surface area (Å²) >= 11 is 0. The lowest BCUT2D eigenvalue weighted by Gasteiger charge is -2.03. The predicted octanol–water partition coefficient (Wildman–Crippen LogP) is 1.92. The fourth-order valence-electron chi connectivity index (χ4n) is 2.07. The van der Waals surface area contributed by atoms with E-state index in [9.17, 15) is 9.18 Å². The average molecular weight is 288 g/mol. The van der Waals surface area contributed by atoms with E-state index in [1.165, 1.54) is 29.1 Å². The number of benzene rings is 1. The lowest BCUT2D eigenvalue weighted by Crippen LogP contribution is -2.21. The van der Waals surface area contributed by atoms with E-state index in [4.69, 9.17) is 4.52 Å². The van der Waals surface area contributed by atoms with E-state index in [1.807, 2.05) is 6.92 Å². The largest absolute Gasteiger partial charge is 0.337 e. The smallest absolute Gasteiger partial charge is 0.261 e. The van der Waals surface area contributed by atoms with E-state index in [1.54, 1.807) is 0 Å². The van der Waals surface area contributed by atoms with E-state index in [-0.39, 0.29) is 12.1 Å². The first-order valence-electron chi connectivity index (χ1n) is 6.63. The molecule has 3 rings (SSSR count). The quantitative estimate of drug-likeness (QED) is 0.733. The van der Waals surface area contributed by atoms with Gasteiger partial charge in [-0.3, -0.25) is 9.36 Å². The summed E-state index contributed by atoms with van der Waals surface area (Å²) < 4.78 is 19.6. The van der Waals surface area contributed by atoms with Gasteiger partial charge in [-0.2, -0.15) is 4.98 Å². The standard InChI is InChI=1S/C14H13FN4O2/c1-2-3-12-17-13(21-18-12)7-19-8-16-11-6-9(15)4-5-10(11)14(19)20/h4-6,8H,2-3,7H2,1H3. The molecule has 0 fully saturated rings. The van der Waals surface area contributed by atoms with Crippen molar-refractivity contribution in [2.45, 2.75) is 26.3 Å². The molecule has 0 bridgehead atoms. The van der Waals surface area contributed by atoms with Crippen LogP contribution in [0, 0.1) is 5.82 Å². The molecular formula is C14H13FN4O2. The summed E-state index contributed by atoms with van der Waals surface area (Å²) in [7, 11) is 0. The van der Waals surface area contributed by atoms with Gasteiger partial charge in [-0.25, -0.2) is 9.37 Å². The lowest BCUT2D eigenvalue weighted by atomic mass is 10.2. The van der Waals surface area contributed by atoms with Crippen LogP contribution in [0.4, 0.5) is 4.39 Å². The van der Waals surface area contributed by atoms with Crippen LogP contribution in [0.5, 0.6) is 0 Å². The van der Waals surface area contributed by atoms with Gasteiger partial charge in [0.25, 0.3) is 5.56 Å². The minimum atomic E-state index is -0.423. The van der Waals surface area contributed by atoms with Gasteiger partial charge in [0.2, 0.25) is 5.89 Å². The Hall–Kier alpha value is -2.57. The zero-order valence-corrected chi connectivity index (χ0v) is 11.4. The number of fused-ring (bicyclic) bond motifs is 1. The highest BCUT2D eigenvalue weighted by Gasteiger charge is 2.10. The summed E-state index contributed by atoms with van der Waals surface area (Å²) in [6, 6.07) is 3.89. The molecular weight excluding hydrogens is 275 g/mol. The second-order valence-electron chi connectivity index (χ2n) is 4.69. The van der Waals surface area contributed by atoms with E-state index < -0.39 is 5.82 Å². The van der Waals surface area contributed by atoms with Crippen molar-refractivity contribution in [1.29, 1.82) is 0 Å². The number of halogens is 1. The summed E-state index contributed by atoms with van der Waals surface area (Å²) in [6.45, 7) is 2.17. The molecule has 2 aromatic heterocycles. The molecule has 0 saturated heterocycles. The van der Waals surface area contributed by atoms with E-state index >= 15 is 0 Å². The Morgan fingerprint density at radius 1 is 1.38 bits per heavy atom. The molecule has 0 aliphatic carbocycles. The molecule has 0 N–H and O–H groups in total. The molecule has 0 unspecified atom stereocenters. The first-order valence-corrected chi connectivity index (χ1v) is 6.63. The summed E-state index contributed by atoms with van der Waals surface area (Å²) in [6.07, 6.45) is 3.00. The van der Waals surface area contributed by atoms with Gasteiger partial charge in [0, 0.05) is 12.5 Å². The summed E-state index contributed by atoms with van der Waals surface area (Å²) in [5.41, 5.74) is 0.0590. The molecule has 0 radical (unpaired) electrons. The number of hydrogen-bond donors (Lipinski definition) is 0. The highest BCUT2D eigenvalue weighted by Crippen LogP contribution is 2.09. The molecule has 108 valence electrons. The third-order valence-corrected chi connectivity index (χ3v) is 3.08. The molecule has 3 aromatic rings. The fourth-order valence-corrected chi connectivity index (χ4v) is 2.07. The van der Waals surface area contributed by atoms with Gasteiger partial charge in [0.05, 0.1) is 17.2 Å². The van der Waals surface area contributed by atoms with E-state index in [0.29, 0.717) is 22.6 Å². The Morgan fingerprint density at radius 2 is 2.24 bits per heavy atom. The maximum absolute atomic E-state index is 13.1. The molecule has 0 spiro atoms. The Balaban J connectivity index is 1.95. The normalized spacial score (nSPS) is 11.1. The topological polar surface area (TPSA) is 73.8 Å². The van der Waals surface area contributed by atoms with Gasteiger partial charge in [-0.1, -0.05) is 12.1 Å². The molecule has 21 heavy (non-hydrogen) atoms. The monoisotopic (exact) mass is 288 g/mol. The van der Waals surface area contributed by atoms with Gasteiger partial charge < -0.3 is 4.52 Å². The Morgan fingerprint density at radius 3 is 3.05 bits per heavy atom. The summed E-state index contributed by atoms with van der Waals surface area (Å²) in [5, 5.41) is 4.19. The van der Waals surface area contributed by atoms with Crippen LogP contribution in [-0.4, -0.2) is 19.7 Å². The lowest BCUT2D eigenvalue weighted by molar-refractivity contribution is 0.364. The summed E-state index contributed by atoms with van der Waals surface area (Å²) in [4.78, 5) is 20.6. The average Bonchev–Trinajstić information content (AvgIpc) is 2.90. The maximum atomic E-state index is 13.1. The van der Waals surface area contributed by atoms with Crippen LogP contribution in [0.1, 0.15) is 25.1 Å². The van der Waals surface area contributed by atoms with Crippen molar-refractivity contribution in [2.75, 3.05) is 0 Å². The van der Waals surface area contributed by atoms with E-state index in [2.05, 4.69) is 15.1 Å². The molecule has 2 heterocycles. The number of nitrogens with zero attached hydrogens (tertiary/aromatic N) is 4. The van der Waals surface area contributed by atoms with Crippen molar-refractivity contribution in [2.24, 2.45) is 0 Å². The van der Waals surface area contributed by atoms with Crippen LogP contribution in [0.15, 0.2) is 33.8 Å². The molecule has 0 aliphatic rings. The molecule has 0 saturated carbocycles. The van der Waals surface area contributed by atoms with Gasteiger partial charge in [0.1, 0.15) is 12.4 Å². The molecule has 1 aromatic carbocycles. The Labute approximate surface area is 119 Å². The van der Waals surface area contributed by atoms with Gasteiger partial charge in [0.15, 0.2) is 5.82 Å². The zero-order chi connectivity index (χ0) is 14.8. The second kappa shape index (κ2) is 5.43. The SMILES string of the molecule is CCCc1noc(Cn2cnc3cc(F)ccc3c2=O)n1. The van der Waals surface area contributed by atoms with Crippen molar-refractivity contribution < 1.29 is 8.91 Å². The predicted molar refractivity (Wildman–Crippen MR) is 73.4 cm³/mol. The molecule has 6 nitrogen and oxygen atoms in total. The van der Waals surface area contributed by atoms with Crippen molar-refractivity contribution in [1.82, 2.24) is 19.7 Å². The van der Waals surface area contributed by atoms with Crippen molar-refractivity contribution in [3.05, 3.63) is 52.4 Å². The van der Waals surface area contributed by atoms with Crippen LogP contribution in [0.25, 0.3) is 10.9 Å². The first-order chi connectivity index (χ1) is 10.2. The zero-order valence-electron chi connectivity index (χ0n) is 11.4. The molecule has 0 aliphatic heterocycles. The molecule has 0 atom stereocenters.